The van der Waals surface area contributed by atoms with Gasteiger partial charge in [-0.1, -0.05) is 12.5 Å². The summed E-state index contributed by atoms with van der Waals surface area (Å²) in [7, 11) is 0. The zero-order chi connectivity index (χ0) is 18.6. The lowest BCUT2D eigenvalue weighted by Gasteiger charge is -2.44. The van der Waals surface area contributed by atoms with E-state index in [0.717, 1.165) is 10.6 Å². The van der Waals surface area contributed by atoms with Gasteiger partial charge in [0.15, 0.2) is 0 Å². The number of rotatable bonds is 5. The van der Waals surface area contributed by atoms with Crippen LogP contribution >= 0.6 is 11.3 Å². The molecule has 2 saturated heterocycles. The molecular formula is C20H26N4O2S. The Morgan fingerprint density at radius 2 is 2.07 bits per heavy atom. The van der Waals surface area contributed by atoms with Gasteiger partial charge in [0.1, 0.15) is 12.2 Å². The number of carbonyl (C=O) groups excluding carboxylic acids is 1. The Morgan fingerprint density at radius 1 is 1.19 bits per heavy atom. The maximum atomic E-state index is 12.4. The summed E-state index contributed by atoms with van der Waals surface area (Å²) in [6, 6.07) is 7.71. The lowest BCUT2D eigenvalue weighted by molar-refractivity contribution is -0.122. The number of nitrogens with zero attached hydrogens (tertiary/aromatic N) is 3. The zero-order valence-electron chi connectivity index (χ0n) is 15.5. The van der Waals surface area contributed by atoms with Crippen LogP contribution in [-0.2, 0) is 11.3 Å². The van der Waals surface area contributed by atoms with Crippen LogP contribution < -0.4 is 10.9 Å². The minimum Gasteiger partial charge on any atom is -0.354 e. The molecule has 144 valence electrons. The Kier molecular flexibility index (Phi) is 5.69. The van der Waals surface area contributed by atoms with E-state index in [1.807, 2.05) is 17.5 Å². The van der Waals surface area contributed by atoms with Gasteiger partial charge in [-0.25, -0.2) is 4.68 Å². The van der Waals surface area contributed by atoms with Crippen molar-refractivity contribution in [1.29, 1.82) is 0 Å². The van der Waals surface area contributed by atoms with Crippen LogP contribution in [0, 0.1) is 5.92 Å². The zero-order valence-corrected chi connectivity index (χ0v) is 16.3. The van der Waals surface area contributed by atoms with Crippen molar-refractivity contribution in [3.63, 3.8) is 0 Å². The van der Waals surface area contributed by atoms with E-state index in [-0.39, 0.29) is 18.0 Å². The van der Waals surface area contributed by atoms with Crippen molar-refractivity contribution in [2.75, 3.05) is 19.6 Å². The van der Waals surface area contributed by atoms with E-state index in [1.54, 1.807) is 17.4 Å². The van der Waals surface area contributed by atoms with Crippen molar-refractivity contribution in [3.8, 4) is 10.6 Å². The van der Waals surface area contributed by atoms with E-state index in [2.05, 4.69) is 15.3 Å². The molecule has 0 aliphatic carbocycles. The SMILES string of the molecule is O=C(Cn1nc(-c2cccs2)ccc1=O)NCC1CCCN2CCCCC12. The van der Waals surface area contributed by atoms with Crippen LogP contribution in [0.4, 0.5) is 0 Å². The first-order chi connectivity index (χ1) is 13.2. The number of aromatic nitrogens is 2. The van der Waals surface area contributed by atoms with Gasteiger partial charge >= 0.3 is 0 Å². The maximum Gasteiger partial charge on any atom is 0.267 e. The predicted molar refractivity (Wildman–Crippen MR) is 107 cm³/mol. The Balaban J connectivity index is 1.37. The van der Waals surface area contributed by atoms with Crippen molar-refractivity contribution in [2.45, 2.75) is 44.7 Å². The molecule has 7 heteroatoms. The normalized spacial score (nSPS) is 23.0. The number of hydrogen-bond acceptors (Lipinski definition) is 5. The second-order valence-corrected chi connectivity index (χ2v) is 8.44. The molecule has 0 radical (unpaired) electrons. The van der Waals surface area contributed by atoms with Crippen molar-refractivity contribution >= 4 is 17.2 Å². The third-order valence-electron chi connectivity index (χ3n) is 5.72. The molecule has 2 aliphatic rings. The smallest absolute Gasteiger partial charge is 0.267 e. The highest BCUT2D eigenvalue weighted by Gasteiger charge is 2.32. The maximum absolute atomic E-state index is 12.4. The van der Waals surface area contributed by atoms with Crippen LogP contribution in [0.3, 0.4) is 0 Å². The first-order valence-electron chi connectivity index (χ1n) is 9.83. The molecule has 2 aromatic rings. The van der Waals surface area contributed by atoms with Gasteiger partial charge in [-0.3, -0.25) is 9.59 Å². The molecule has 1 amide bonds. The third kappa shape index (κ3) is 4.30. The average Bonchev–Trinajstić information content (AvgIpc) is 3.23. The Labute approximate surface area is 163 Å². The van der Waals surface area contributed by atoms with Crippen LogP contribution in [0.2, 0.25) is 0 Å². The van der Waals surface area contributed by atoms with Gasteiger partial charge in [-0.15, -0.1) is 11.3 Å². The fourth-order valence-corrected chi connectivity index (χ4v) is 5.06. The van der Waals surface area contributed by atoms with Gasteiger partial charge in [-0.2, -0.15) is 5.10 Å². The lowest BCUT2D eigenvalue weighted by atomic mass is 9.83. The largest absolute Gasteiger partial charge is 0.354 e. The molecule has 2 unspecified atom stereocenters. The summed E-state index contributed by atoms with van der Waals surface area (Å²) in [4.78, 5) is 28.1. The Morgan fingerprint density at radius 3 is 2.93 bits per heavy atom. The standard InChI is InChI=1S/C20H26N4O2S/c25-19(21-13-15-5-3-11-23-10-2-1-6-17(15)23)14-24-20(26)9-8-16(22-24)18-7-4-12-27-18/h4,7-9,12,15,17H,1-3,5-6,10-11,13-14H2,(H,21,25). The number of amides is 1. The number of nitrogens with one attached hydrogen (secondary N) is 1. The van der Waals surface area contributed by atoms with E-state index >= 15 is 0 Å². The minimum atomic E-state index is -0.249. The van der Waals surface area contributed by atoms with E-state index in [4.69, 9.17) is 0 Å². The highest BCUT2D eigenvalue weighted by Crippen LogP contribution is 2.30. The number of fused-ring (bicyclic) bond motifs is 1. The highest BCUT2D eigenvalue weighted by atomic mass is 32.1. The summed E-state index contributed by atoms with van der Waals surface area (Å²) in [5, 5.41) is 9.38. The molecule has 6 nitrogen and oxygen atoms in total. The molecule has 0 bridgehead atoms. The summed E-state index contributed by atoms with van der Waals surface area (Å²) < 4.78 is 1.26. The third-order valence-corrected chi connectivity index (χ3v) is 6.62. The van der Waals surface area contributed by atoms with Crippen LogP contribution in [0.5, 0.6) is 0 Å². The number of hydrogen-bond donors (Lipinski definition) is 1. The summed E-state index contributed by atoms with van der Waals surface area (Å²) in [5.41, 5.74) is 0.476. The summed E-state index contributed by atoms with van der Waals surface area (Å²) in [6.45, 7) is 3.06. The molecule has 2 aliphatic heterocycles. The molecule has 2 aromatic heterocycles. The van der Waals surface area contributed by atoms with Crippen LogP contribution in [-0.4, -0.2) is 46.3 Å². The second kappa shape index (κ2) is 8.35. The molecule has 0 saturated carbocycles. The number of piperidine rings is 2. The van der Waals surface area contributed by atoms with Crippen LogP contribution in [0.15, 0.2) is 34.4 Å². The first-order valence-corrected chi connectivity index (χ1v) is 10.7. The molecule has 0 spiro atoms. The van der Waals surface area contributed by atoms with Crippen LogP contribution in [0.25, 0.3) is 10.6 Å². The van der Waals surface area contributed by atoms with Crippen molar-refractivity contribution in [3.05, 3.63) is 40.0 Å². The van der Waals surface area contributed by atoms with Gasteiger partial charge in [-0.05, 0) is 62.2 Å². The minimum absolute atomic E-state index is 0.0286. The van der Waals surface area contributed by atoms with Gasteiger partial charge in [0.05, 0.1) is 4.88 Å². The predicted octanol–water partition coefficient (Wildman–Crippen LogP) is 2.35. The van der Waals surface area contributed by atoms with E-state index in [0.29, 0.717) is 18.5 Å². The molecule has 2 atom stereocenters. The van der Waals surface area contributed by atoms with E-state index in [1.165, 1.54) is 55.9 Å². The summed E-state index contributed by atoms with van der Waals surface area (Å²) in [5.74, 6) is 0.381. The van der Waals surface area contributed by atoms with Crippen molar-refractivity contribution in [2.24, 2.45) is 5.92 Å². The monoisotopic (exact) mass is 386 g/mol. The Hall–Kier alpha value is -1.99. The fourth-order valence-electron chi connectivity index (χ4n) is 4.37. The molecule has 4 heterocycles. The molecule has 0 aromatic carbocycles. The fraction of sp³-hybridized carbons (Fsp3) is 0.550. The van der Waals surface area contributed by atoms with Gasteiger partial charge in [0, 0.05) is 18.7 Å². The quantitative estimate of drug-likeness (QED) is 0.857. The lowest BCUT2D eigenvalue weighted by Crippen LogP contribution is -2.51. The van der Waals surface area contributed by atoms with E-state index < -0.39 is 0 Å². The molecule has 1 N–H and O–H groups in total. The molecule has 2 fully saturated rings. The highest BCUT2D eigenvalue weighted by molar-refractivity contribution is 7.13. The van der Waals surface area contributed by atoms with Gasteiger partial charge in [0.2, 0.25) is 5.91 Å². The average molecular weight is 387 g/mol. The van der Waals surface area contributed by atoms with Gasteiger partial charge in [0.25, 0.3) is 5.56 Å². The number of thiophene rings is 1. The molecular weight excluding hydrogens is 360 g/mol. The van der Waals surface area contributed by atoms with Crippen molar-refractivity contribution < 1.29 is 4.79 Å². The van der Waals surface area contributed by atoms with Crippen LogP contribution in [0.1, 0.15) is 32.1 Å². The first kappa shape index (κ1) is 18.4. The number of carbonyl (C=O) groups is 1. The topological polar surface area (TPSA) is 67.2 Å². The van der Waals surface area contributed by atoms with E-state index in [9.17, 15) is 9.59 Å². The molecule has 4 rings (SSSR count). The Bertz CT molecular complexity index is 831. The molecule has 27 heavy (non-hydrogen) atoms. The van der Waals surface area contributed by atoms with Crippen molar-refractivity contribution in [1.82, 2.24) is 20.0 Å². The second-order valence-electron chi connectivity index (χ2n) is 7.50. The summed E-state index contributed by atoms with van der Waals surface area (Å²) >= 11 is 1.57. The van der Waals surface area contributed by atoms with Gasteiger partial charge < -0.3 is 10.2 Å². The summed E-state index contributed by atoms with van der Waals surface area (Å²) in [6.07, 6.45) is 6.21.